The highest BCUT2D eigenvalue weighted by Crippen LogP contribution is 2.09. The van der Waals surface area contributed by atoms with E-state index in [9.17, 15) is 4.79 Å². The molecule has 1 aromatic carbocycles. The van der Waals surface area contributed by atoms with E-state index < -0.39 is 0 Å². The van der Waals surface area contributed by atoms with Crippen LogP contribution in [0.15, 0.2) is 24.2 Å². The molecule has 0 bridgehead atoms. The molecule has 0 aliphatic carbocycles. The van der Waals surface area contributed by atoms with Gasteiger partial charge in [0.05, 0.1) is 8.48 Å². The van der Waals surface area contributed by atoms with Crippen molar-refractivity contribution in [3.63, 3.8) is 0 Å². The number of benzene rings is 1. The summed E-state index contributed by atoms with van der Waals surface area (Å²) in [6, 6.07) is 4.92. The molecule has 10 heavy (non-hydrogen) atoms. The molecule has 0 aliphatic heterocycles. The van der Waals surface area contributed by atoms with Crippen LogP contribution in [0.1, 0.15) is 11.7 Å². The fourth-order valence-corrected chi connectivity index (χ4v) is 0.623. The molecule has 1 aromatic rings. The number of ether oxygens (including phenoxy) is 1. The number of aldehydes is 1. The highest BCUT2D eigenvalue weighted by Gasteiger charge is 1.89. The Bertz CT molecular complexity index is 271. The first-order valence-electron chi connectivity index (χ1n) is 3.37. The van der Waals surface area contributed by atoms with Gasteiger partial charge >= 0.3 is 0 Å². The number of hydrogen-bond donors (Lipinski definition) is 0. The molecule has 0 amide bonds. The predicted octanol–water partition coefficient (Wildman–Crippen LogP) is 1.51. The summed E-state index contributed by atoms with van der Waals surface area (Å²) in [7, 11) is 1.49. The molecule has 0 saturated heterocycles. The van der Waals surface area contributed by atoms with E-state index in [2.05, 4.69) is 0 Å². The largest absolute Gasteiger partial charge is 0.497 e. The summed E-state index contributed by atoms with van der Waals surface area (Å²) in [5.41, 5.74) is 0.496. The third-order valence-electron chi connectivity index (χ3n) is 1.16. The molecule has 0 heterocycles. The van der Waals surface area contributed by atoms with Crippen molar-refractivity contribution in [2.24, 2.45) is 0 Å². The Hall–Kier alpha value is -1.31. The van der Waals surface area contributed by atoms with E-state index >= 15 is 0 Å². The third kappa shape index (κ3) is 1.35. The molecule has 0 radical (unpaired) electrons. The van der Waals surface area contributed by atoms with Crippen LogP contribution in [0.5, 0.6) is 5.75 Å². The van der Waals surface area contributed by atoms with Crippen molar-refractivity contribution >= 4 is 6.29 Å². The quantitative estimate of drug-likeness (QED) is 0.577. The lowest BCUT2D eigenvalue weighted by Crippen LogP contribution is -1.82. The van der Waals surface area contributed by atoms with Gasteiger partial charge in [-0.25, -0.2) is 0 Å². The normalized spacial score (nSPS) is 10.3. The zero-order chi connectivity index (χ0) is 8.27. The zero-order valence-electron chi connectivity index (χ0n) is 6.63. The first-order chi connectivity index (χ1) is 5.27. The molecule has 2 nitrogen and oxygen atoms in total. The lowest BCUT2D eigenvalue weighted by Gasteiger charge is -1.96. The van der Waals surface area contributed by atoms with Crippen molar-refractivity contribution in [3.8, 4) is 5.75 Å². The Labute approximate surface area is 60.8 Å². The number of hydrogen-bond acceptors (Lipinski definition) is 2. The lowest BCUT2D eigenvalue weighted by molar-refractivity contribution is 0.112. The second-order valence-electron chi connectivity index (χ2n) is 1.81. The van der Waals surface area contributed by atoms with Crippen LogP contribution >= 0.6 is 0 Å². The molecule has 0 saturated carbocycles. The molecule has 52 valence electrons. The smallest absolute Gasteiger partial charge is 0.150 e. The fourth-order valence-electron chi connectivity index (χ4n) is 0.623. The average molecular weight is 137 g/mol. The molecular formula is C8H8O2. The summed E-state index contributed by atoms with van der Waals surface area (Å²) in [5, 5.41) is 0. The summed E-state index contributed by atoms with van der Waals surface area (Å²) in [6.07, 6.45) is 0.706. The van der Waals surface area contributed by atoms with Crippen LogP contribution in [0.4, 0.5) is 0 Å². The maximum atomic E-state index is 10.2. The Kier molecular flexibility index (Phi) is 1.65. The molecule has 0 N–H and O–H groups in total. The Balaban J connectivity index is 3.09. The second-order valence-corrected chi connectivity index (χ2v) is 1.81. The first kappa shape index (κ1) is 5.47. The monoisotopic (exact) mass is 137 g/mol. The lowest BCUT2D eigenvalue weighted by atomic mass is 10.2. The number of carbonyl (C=O) groups is 1. The van der Waals surface area contributed by atoms with Gasteiger partial charge in [0.15, 0.2) is 0 Å². The van der Waals surface area contributed by atoms with Gasteiger partial charge in [0.1, 0.15) is 12.0 Å². The molecule has 0 unspecified atom stereocenters. The van der Waals surface area contributed by atoms with Crippen LogP contribution in [0.25, 0.3) is 0 Å². The number of rotatable bonds is 2. The van der Waals surface area contributed by atoms with Crippen LogP contribution in [0.3, 0.4) is 0 Å². The van der Waals surface area contributed by atoms with Crippen molar-refractivity contribution < 1.29 is 10.9 Å². The SMILES string of the molecule is [2H]c1cc(C=O)ccc1OC. The van der Waals surface area contributed by atoms with Gasteiger partial charge < -0.3 is 4.74 Å². The molecule has 0 atom stereocenters. The minimum Gasteiger partial charge on any atom is -0.497 e. The van der Waals surface area contributed by atoms with Gasteiger partial charge in [-0.1, -0.05) is 0 Å². The minimum atomic E-state index is 0.233. The summed E-state index contributed by atoms with van der Waals surface area (Å²) in [4.78, 5) is 10.2. The van der Waals surface area contributed by atoms with E-state index in [4.69, 9.17) is 6.11 Å². The summed E-state index contributed by atoms with van der Waals surface area (Å²) >= 11 is 0. The van der Waals surface area contributed by atoms with E-state index in [1.165, 1.54) is 13.2 Å². The standard InChI is InChI=1S/C8H8O2/c1-10-8-4-2-7(6-9)3-5-8/h2-6H,1H3/i4D. The van der Waals surface area contributed by atoms with E-state index in [1.807, 2.05) is 0 Å². The minimum absolute atomic E-state index is 0.233. The van der Waals surface area contributed by atoms with E-state index in [0.717, 1.165) is 0 Å². The Morgan fingerprint density at radius 1 is 1.60 bits per heavy atom. The highest BCUT2D eigenvalue weighted by atomic mass is 16.5. The predicted molar refractivity (Wildman–Crippen MR) is 38.4 cm³/mol. The summed E-state index contributed by atoms with van der Waals surface area (Å²) in [5.74, 6) is 0.482. The molecule has 2 heteroatoms. The topological polar surface area (TPSA) is 26.3 Å². The van der Waals surface area contributed by atoms with Crippen LogP contribution in [0.2, 0.25) is 0 Å². The van der Waals surface area contributed by atoms with E-state index in [0.29, 0.717) is 17.6 Å². The first-order valence-corrected chi connectivity index (χ1v) is 2.87. The van der Waals surface area contributed by atoms with E-state index in [-0.39, 0.29) is 6.04 Å². The number of methoxy groups -OCH3 is 1. The van der Waals surface area contributed by atoms with Gasteiger partial charge in [-0.15, -0.1) is 0 Å². The Morgan fingerprint density at radius 3 is 2.90 bits per heavy atom. The number of carbonyl (C=O) groups excluding carboxylic acids is 1. The molecular weight excluding hydrogens is 128 g/mol. The fraction of sp³-hybridized carbons (Fsp3) is 0.125. The molecule has 0 aromatic heterocycles. The van der Waals surface area contributed by atoms with Crippen molar-refractivity contribution in [1.29, 1.82) is 0 Å². The zero-order valence-corrected chi connectivity index (χ0v) is 5.63. The van der Waals surface area contributed by atoms with Crippen molar-refractivity contribution in [2.75, 3.05) is 7.11 Å². The summed E-state index contributed by atoms with van der Waals surface area (Å²) < 4.78 is 12.2. The summed E-state index contributed by atoms with van der Waals surface area (Å²) in [6.45, 7) is 0. The van der Waals surface area contributed by atoms with Crippen LogP contribution in [-0.4, -0.2) is 13.4 Å². The van der Waals surface area contributed by atoms with Gasteiger partial charge in [-0.05, 0) is 24.2 Å². The molecule has 0 spiro atoms. The van der Waals surface area contributed by atoms with Crippen molar-refractivity contribution in [1.82, 2.24) is 0 Å². The third-order valence-corrected chi connectivity index (χ3v) is 1.16. The van der Waals surface area contributed by atoms with Gasteiger partial charge in [0.2, 0.25) is 0 Å². The molecule has 0 fully saturated rings. The highest BCUT2D eigenvalue weighted by molar-refractivity contribution is 5.74. The van der Waals surface area contributed by atoms with Crippen LogP contribution < -0.4 is 4.74 Å². The van der Waals surface area contributed by atoms with Gasteiger partial charge in [-0.3, -0.25) is 4.79 Å². The van der Waals surface area contributed by atoms with Crippen LogP contribution in [-0.2, 0) is 0 Å². The van der Waals surface area contributed by atoms with Gasteiger partial charge in [0.25, 0.3) is 0 Å². The van der Waals surface area contributed by atoms with Gasteiger partial charge in [-0.2, -0.15) is 0 Å². The second kappa shape index (κ2) is 3.01. The molecule has 0 aliphatic rings. The van der Waals surface area contributed by atoms with E-state index in [1.54, 1.807) is 12.1 Å². The molecule has 1 rings (SSSR count). The van der Waals surface area contributed by atoms with Crippen LogP contribution in [0, 0.1) is 0 Å². The van der Waals surface area contributed by atoms with Crippen molar-refractivity contribution in [3.05, 3.63) is 29.8 Å². The maximum absolute atomic E-state index is 10.2. The van der Waals surface area contributed by atoms with Gasteiger partial charge in [0, 0.05) is 5.56 Å². The Morgan fingerprint density at radius 2 is 2.40 bits per heavy atom. The van der Waals surface area contributed by atoms with Crippen molar-refractivity contribution in [2.45, 2.75) is 0 Å². The maximum Gasteiger partial charge on any atom is 0.150 e. The average Bonchev–Trinajstić information content (AvgIpc) is 2.04.